The molecule has 0 unspecified atom stereocenters. The van der Waals surface area contributed by atoms with E-state index in [1.807, 2.05) is 67.6 Å². The van der Waals surface area contributed by atoms with Gasteiger partial charge in [-0.1, -0.05) is 54.1 Å². The Kier molecular flexibility index (Phi) is 6.90. The van der Waals surface area contributed by atoms with Crippen molar-refractivity contribution >= 4 is 23.2 Å². The van der Waals surface area contributed by atoms with Crippen LogP contribution in [0.2, 0.25) is 5.02 Å². The van der Waals surface area contributed by atoms with Crippen LogP contribution in [0.15, 0.2) is 78.9 Å². The van der Waals surface area contributed by atoms with Gasteiger partial charge in [0.15, 0.2) is 0 Å². The first-order chi connectivity index (χ1) is 15.1. The summed E-state index contributed by atoms with van der Waals surface area (Å²) >= 11 is 6.00. The number of rotatable bonds is 6. The Bertz CT molecular complexity index is 999. The average Bonchev–Trinajstić information content (AvgIpc) is 2.81. The summed E-state index contributed by atoms with van der Waals surface area (Å²) in [4.78, 5) is 17.6. The van der Waals surface area contributed by atoms with E-state index in [0.717, 1.165) is 43.3 Å². The van der Waals surface area contributed by atoms with Gasteiger partial charge in [0, 0.05) is 49.0 Å². The molecule has 0 aromatic heterocycles. The van der Waals surface area contributed by atoms with Gasteiger partial charge in [0.1, 0.15) is 0 Å². The van der Waals surface area contributed by atoms with Gasteiger partial charge in [-0.2, -0.15) is 0 Å². The highest BCUT2D eigenvalue weighted by atomic mass is 35.5. The molecule has 1 atom stereocenters. The molecule has 4 rings (SSSR count). The number of nitrogens with one attached hydrogen (secondary N) is 1. The van der Waals surface area contributed by atoms with Gasteiger partial charge in [0.2, 0.25) is 0 Å². The largest absolute Gasteiger partial charge is 0.369 e. The lowest BCUT2D eigenvalue weighted by molar-refractivity contribution is 0.0939. The first kappa shape index (κ1) is 21.4. The van der Waals surface area contributed by atoms with E-state index in [4.69, 9.17) is 11.6 Å². The maximum absolute atomic E-state index is 12.8. The summed E-state index contributed by atoms with van der Waals surface area (Å²) in [6, 6.07) is 26.0. The number of carbonyl (C=O) groups is 1. The molecule has 0 bridgehead atoms. The molecular weight excluding hydrogens is 406 g/mol. The molecule has 5 heteroatoms. The standard InChI is InChI=1S/C26H28ClN3O/c1-20(22-7-3-2-4-8-22)28-26(31)23-9-5-6-21(18-23)19-29-14-16-30(17-15-29)25-12-10-24(27)11-13-25/h2-13,18,20H,14-17,19H2,1H3,(H,28,31)/t20-/m1/s1. The Hall–Kier alpha value is -2.82. The first-order valence-corrected chi connectivity index (χ1v) is 11.1. The summed E-state index contributed by atoms with van der Waals surface area (Å²) in [7, 11) is 0. The number of hydrogen-bond donors (Lipinski definition) is 1. The number of nitrogens with zero attached hydrogens (tertiary/aromatic N) is 2. The quantitative estimate of drug-likeness (QED) is 0.583. The number of amides is 1. The van der Waals surface area contributed by atoms with Crippen LogP contribution < -0.4 is 10.2 Å². The van der Waals surface area contributed by atoms with Crippen LogP contribution in [0, 0.1) is 0 Å². The molecule has 1 saturated heterocycles. The Morgan fingerprint density at radius 2 is 1.65 bits per heavy atom. The predicted molar refractivity (Wildman–Crippen MR) is 128 cm³/mol. The summed E-state index contributed by atoms with van der Waals surface area (Å²) in [5, 5.41) is 3.87. The number of anilines is 1. The van der Waals surface area contributed by atoms with Crippen molar-refractivity contribution in [2.45, 2.75) is 19.5 Å². The summed E-state index contributed by atoms with van der Waals surface area (Å²) in [6.45, 7) is 6.81. The summed E-state index contributed by atoms with van der Waals surface area (Å²) in [6.07, 6.45) is 0. The number of benzene rings is 3. The van der Waals surface area contributed by atoms with E-state index in [0.29, 0.717) is 5.56 Å². The van der Waals surface area contributed by atoms with Crippen molar-refractivity contribution in [3.05, 3.63) is 101 Å². The van der Waals surface area contributed by atoms with Crippen LogP contribution >= 0.6 is 11.6 Å². The monoisotopic (exact) mass is 433 g/mol. The molecule has 31 heavy (non-hydrogen) atoms. The summed E-state index contributed by atoms with van der Waals surface area (Å²) in [5.74, 6) is -0.0363. The van der Waals surface area contributed by atoms with Crippen molar-refractivity contribution in [3.63, 3.8) is 0 Å². The predicted octanol–water partition coefficient (Wildman–Crippen LogP) is 5.15. The third kappa shape index (κ3) is 5.66. The first-order valence-electron chi connectivity index (χ1n) is 10.8. The van der Waals surface area contributed by atoms with Gasteiger partial charge in [-0.3, -0.25) is 9.69 Å². The number of piperazine rings is 1. The molecule has 0 aliphatic carbocycles. The molecule has 160 valence electrons. The summed E-state index contributed by atoms with van der Waals surface area (Å²) < 4.78 is 0. The maximum atomic E-state index is 12.8. The summed E-state index contributed by atoms with van der Waals surface area (Å²) in [5.41, 5.74) is 4.20. The van der Waals surface area contributed by atoms with Crippen LogP contribution in [0.3, 0.4) is 0 Å². The molecule has 0 spiro atoms. The minimum absolute atomic E-state index is 0.0294. The molecule has 1 aliphatic rings. The third-order valence-electron chi connectivity index (χ3n) is 5.81. The fraction of sp³-hybridized carbons (Fsp3) is 0.269. The van der Waals surface area contributed by atoms with Gasteiger partial charge in [0.25, 0.3) is 5.91 Å². The molecule has 3 aromatic rings. The van der Waals surface area contributed by atoms with Crippen LogP contribution in [0.4, 0.5) is 5.69 Å². The topological polar surface area (TPSA) is 35.6 Å². The third-order valence-corrected chi connectivity index (χ3v) is 6.06. The van der Waals surface area contributed by atoms with E-state index >= 15 is 0 Å². The van der Waals surface area contributed by atoms with E-state index in [9.17, 15) is 4.79 Å². The van der Waals surface area contributed by atoms with E-state index < -0.39 is 0 Å². The second-order valence-electron chi connectivity index (χ2n) is 8.05. The molecule has 1 N–H and O–H groups in total. The van der Waals surface area contributed by atoms with Crippen LogP contribution in [-0.4, -0.2) is 37.0 Å². The number of halogens is 1. The Labute approximate surface area is 189 Å². The molecule has 0 radical (unpaired) electrons. The zero-order chi connectivity index (χ0) is 21.6. The number of hydrogen-bond acceptors (Lipinski definition) is 3. The molecule has 1 fully saturated rings. The SMILES string of the molecule is C[C@@H](NC(=O)c1cccc(CN2CCN(c3ccc(Cl)cc3)CC2)c1)c1ccccc1. The Morgan fingerprint density at radius 1 is 0.935 bits per heavy atom. The van der Waals surface area contributed by atoms with Gasteiger partial charge in [-0.05, 0) is 54.4 Å². The van der Waals surface area contributed by atoms with Crippen molar-refractivity contribution in [1.82, 2.24) is 10.2 Å². The van der Waals surface area contributed by atoms with Gasteiger partial charge < -0.3 is 10.2 Å². The minimum atomic E-state index is -0.0363. The normalized spacial score (nSPS) is 15.5. The molecule has 4 nitrogen and oxygen atoms in total. The Morgan fingerprint density at radius 3 is 2.35 bits per heavy atom. The molecule has 1 aliphatic heterocycles. The van der Waals surface area contributed by atoms with Crippen LogP contribution in [0.5, 0.6) is 0 Å². The highest BCUT2D eigenvalue weighted by Crippen LogP contribution is 2.20. The van der Waals surface area contributed by atoms with Gasteiger partial charge in [-0.15, -0.1) is 0 Å². The van der Waals surface area contributed by atoms with Crippen molar-refractivity contribution in [3.8, 4) is 0 Å². The lowest BCUT2D eigenvalue weighted by Gasteiger charge is -2.36. The Balaban J connectivity index is 1.32. The zero-order valence-electron chi connectivity index (χ0n) is 17.8. The molecule has 1 amide bonds. The fourth-order valence-electron chi connectivity index (χ4n) is 3.99. The zero-order valence-corrected chi connectivity index (χ0v) is 18.6. The second-order valence-corrected chi connectivity index (χ2v) is 8.48. The van der Waals surface area contributed by atoms with Crippen molar-refractivity contribution in [1.29, 1.82) is 0 Å². The molecule has 1 heterocycles. The van der Waals surface area contributed by atoms with Crippen molar-refractivity contribution < 1.29 is 4.79 Å². The van der Waals surface area contributed by atoms with E-state index in [2.05, 4.69) is 33.3 Å². The van der Waals surface area contributed by atoms with Crippen LogP contribution in [0.1, 0.15) is 34.5 Å². The van der Waals surface area contributed by atoms with Gasteiger partial charge >= 0.3 is 0 Å². The van der Waals surface area contributed by atoms with Crippen molar-refractivity contribution in [2.24, 2.45) is 0 Å². The van der Waals surface area contributed by atoms with E-state index in [1.165, 1.54) is 11.3 Å². The average molecular weight is 434 g/mol. The fourth-order valence-corrected chi connectivity index (χ4v) is 4.12. The van der Waals surface area contributed by atoms with Crippen molar-refractivity contribution in [2.75, 3.05) is 31.1 Å². The number of carbonyl (C=O) groups excluding carboxylic acids is 1. The minimum Gasteiger partial charge on any atom is -0.369 e. The lowest BCUT2D eigenvalue weighted by atomic mass is 10.1. The molecular formula is C26H28ClN3O. The highest BCUT2D eigenvalue weighted by molar-refractivity contribution is 6.30. The lowest BCUT2D eigenvalue weighted by Crippen LogP contribution is -2.45. The van der Waals surface area contributed by atoms with Gasteiger partial charge in [-0.25, -0.2) is 0 Å². The molecule has 0 saturated carbocycles. The van der Waals surface area contributed by atoms with Crippen LogP contribution in [0.25, 0.3) is 0 Å². The van der Waals surface area contributed by atoms with Gasteiger partial charge in [0.05, 0.1) is 6.04 Å². The molecule has 3 aromatic carbocycles. The maximum Gasteiger partial charge on any atom is 0.251 e. The second kappa shape index (κ2) is 9.99. The van der Waals surface area contributed by atoms with E-state index in [-0.39, 0.29) is 11.9 Å². The van der Waals surface area contributed by atoms with E-state index in [1.54, 1.807) is 0 Å². The highest BCUT2D eigenvalue weighted by Gasteiger charge is 2.18. The smallest absolute Gasteiger partial charge is 0.251 e. The van der Waals surface area contributed by atoms with Crippen LogP contribution in [-0.2, 0) is 6.54 Å².